The number of carbonyl (C=O) groups excluding carboxylic acids is 1. The maximum absolute atomic E-state index is 12.3. The third-order valence-electron chi connectivity index (χ3n) is 5.29. The van der Waals surface area contributed by atoms with Gasteiger partial charge < -0.3 is 9.88 Å². The van der Waals surface area contributed by atoms with E-state index in [9.17, 15) is 4.79 Å². The van der Waals surface area contributed by atoms with Crippen LogP contribution >= 0.6 is 0 Å². The van der Waals surface area contributed by atoms with Gasteiger partial charge in [0.15, 0.2) is 0 Å². The number of carbonyl (C=O) groups is 1. The van der Waals surface area contributed by atoms with Crippen molar-refractivity contribution in [1.29, 1.82) is 0 Å². The smallest absolute Gasteiger partial charge is 0.273 e. The molecule has 148 valence electrons. The molecule has 2 aromatic rings. The summed E-state index contributed by atoms with van der Waals surface area (Å²) in [6, 6.07) is 0. The molecule has 0 aromatic carbocycles. The van der Waals surface area contributed by atoms with Gasteiger partial charge in [-0.15, -0.1) is 0 Å². The van der Waals surface area contributed by atoms with Gasteiger partial charge in [0.1, 0.15) is 11.4 Å². The number of aromatic nitrogens is 3. The Labute approximate surface area is 166 Å². The largest absolute Gasteiger partial charge is 0.359 e. The Morgan fingerprint density at radius 3 is 2.64 bits per heavy atom. The van der Waals surface area contributed by atoms with Gasteiger partial charge in [-0.3, -0.25) is 14.8 Å². The van der Waals surface area contributed by atoms with E-state index in [1.165, 1.54) is 11.1 Å². The zero-order valence-electron chi connectivity index (χ0n) is 17.0. The molecule has 7 heteroatoms. The number of hydrogen-bond donors (Lipinski definition) is 2. The van der Waals surface area contributed by atoms with Crippen LogP contribution in [0.2, 0.25) is 0 Å². The van der Waals surface area contributed by atoms with E-state index in [1.807, 2.05) is 6.08 Å². The first-order chi connectivity index (χ1) is 13.5. The van der Waals surface area contributed by atoms with Gasteiger partial charge in [-0.25, -0.2) is 5.43 Å². The summed E-state index contributed by atoms with van der Waals surface area (Å²) in [6.45, 7) is 11.9. The lowest BCUT2D eigenvalue weighted by molar-refractivity contribution is -0.116. The van der Waals surface area contributed by atoms with E-state index in [1.54, 1.807) is 18.6 Å². The van der Waals surface area contributed by atoms with Gasteiger partial charge >= 0.3 is 0 Å². The second kappa shape index (κ2) is 8.93. The van der Waals surface area contributed by atoms with Crippen LogP contribution in [0.25, 0.3) is 6.08 Å². The molecule has 2 aromatic heterocycles. The van der Waals surface area contributed by atoms with Crippen LogP contribution in [0.15, 0.2) is 29.3 Å². The predicted octanol–water partition coefficient (Wildman–Crippen LogP) is 2.61. The fourth-order valence-corrected chi connectivity index (χ4v) is 3.58. The Morgan fingerprint density at radius 1 is 1.18 bits per heavy atom. The summed E-state index contributed by atoms with van der Waals surface area (Å²) < 4.78 is 0. The Morgan fingerprint density at radius 2 is 1.96 bits per heavy atom. The minimum absolute atomic E-state index is 0.226. The summed E-state index contributed by atoms with van der Waals surface area (Å²) >= 11 is 0. The van der Waals surface area contributed by atoms with Gasteiger partial charge in [-0.1, -0.05) is 13.8 Å². The van der Waals surface area contributed by atoms with Crippen molar-refractivity contribution in [2.24, 2.45) is 5.10 Å². The second-order valence-electron chi connectivity index (χ2n) is 6.95. The summed E-state index contributed by atoms with van der Waals surface area (Å²) in [5.41, 5.74) is 8.74. The number of H-pyrrole nitrogens is 1. The normalized spacial score (nSPS) is 15.4. The summed E-state index contributed by atoms with van der Waals surface area (Å²) in [5.74, 6) is -0.226. The number of rotatable bonds is 8. The van der Waals surface area contributed by atoms with E-state index in [4.69, 9.17) is 0 Å². The molecule has 0 saturated carbocycles. The van der Waals surface area contributed by atoms with Crippen molar-refractivity contribution in [3.8, 4) is 0 Å². The molecule has 0 saturated heterocycles. The van der Waals surface area contributed by atoms with E-state index in [-0.39, 0.29) is 5.91 Å². The minimum Gasteiger partial charge on any atom is -0.359 e. The van der Waals surface area contributed by atoms with Crippen molar-refractivity contribution >= 4 is 17.7 Å². The van der Waals surface area contributed by atoms with Crippen LogP contribution in [-0.2, 0) is 11.2 Å². The maximum atomic E-state index is 12.3. The van der Waals surface area contributed by atoms with Gasteiger partial charge in [-0.2, -0.15) is 5.10 Å². The molecule has 0 bridgehead atoms. The van der Waals surface area contributed by atoms with Gasteiger partial charge in [0, 0.05) is 23.8 Å². The molecule has 0 atom stereocenters. The lowest BCUT2D eigenvalue weighted by atomic mass is 10.0. The van der Waals surface area contributed by atoms with E-state index in [0.29, 0.717) is 17.0 Å². The zero-order valence-corrected chi connectivity index (χ0v) is 17.0. The molecule has 28 heavy (non-hydrogen) atoms. The Bertz CT molecular complexity index is 893. The summed E-state index contributed by atoms with van der Waals surface area (Å²) in [5, 5.41) is 4.14. The third kappa shape index (κ3) is 4.20. The van der Waals surface area contributed by atoms with Crippen molar-refractivity contribution in [1.82, 2.24) is 25.3 Å². The molecule has 2 N–H and O–H groups in total. The first kappa shape index (κ1) is 19.9. The average molecular weight is 380 g/mol. The van der Waals surface area contributed by atoms with E-state index in [2.05, 4.69) is 58.1 Å². The molecular weight excluding hydrogens is 352 g/mol. The molecule has 0 radical (unpaired) electrons. The van der Waals surface area contributed by atoms with Crippen molar-refractivity contribution in [2.75, 3.05) is 19.6 Å². The third-order valence-corrected chi connectivity index (χ3v) is 5.29. The van der Waals surface area contributed by atoms with Crippen LogP contribution in [0.3, 0.4) is 0 Å². The molecule has 0 unspecified atom stereocenters. The zero-order chi connectivity index (χ0) is 20.1. The molecule has 1 aliphatic rings. The van der Waals surface area contributed by atoms with Crippen LogP contribution in [-0.4, -0.2) is 51.1 Å². The van der Waals surface area contributed by atoms with E-state index >= 15 is 0 Å². The van der Waals surface area contributed by atoms with Crippen LogP contribution in [0, 0.1) is 13.8 Å². The predicted molar refractivity (Wildman–Crippen MR) is 111 cm³/mol. The van der Waals surface area contributed by atoms with Crippen molar-refractivity contribution in [3.63, 3.8) is 0 Å². The number of hydrogen-bond acceptors (Lipinski definition) is 5. The quantitative estimate of drug-likeness (QED) is 0.689. The highest BCUT2D eigenvalue weighted by molar-refractivity contribution is 6.32. The molecule has 0 fully saturated rings. The minimum atomic E-state index is -0.226. The average Bonchev–Trinajstić information content (AvgIpc) is 3.20. The molecule has 7 nitrogen and oxygen atoms in total. The molecule has 3 rings (SSSR count). The number of aryl methyl sites for hydroxylation is 1. The topological polar surface area (TPSA) is 86.3 Å². The van der Waals surface area contributed by atoms with Gasteiger partial charge in [-0.05, 0) is 63.5 Å². The highest BCUT2D eigenvalue weighted by Crippen LogP contribution is 2.24. The first-order valence-electron chi connectivity index (χ1n) is 9.82. The lowest BCUT2D eigenvalue weighted by Crippen LogP contribution is -2.24. The Hall–Kier alpha value is -2.80. The first-order valence-corrected chi connectivity index (χ1v) is 9.82. The van der Waals surface area contributed by atoms with Gasteiger partial charge in [0.2, 0.25) is 0 Å². The second-order valence-corrected chi connectivity index (χ2v) is 6.95. The molecular formula is C21H28N6O. The summed E-state index contributed by atoms with van der Waals surface area (Å²) in [7, 11) is 0. The lowest BCUT2D eigenvalue weighted by Gasteiger charge is -2.17. The van der Waals surface area contributed by atoms with Crippen LogP contribution in [0.5, 0.6) is 0 Å². The number of hydrazone groups is 1. The SMILES string of the molecule is CCN(CC)CCCc1c(C)[nH]c(/C=C2/C(=O)NN=C2c2cnccn2)c1C. The molecule has 0 aliphatic carbocycles. The summed E-state index contributed by atoms with van der Waals surface area (Å²) in [4.78, 5) is 26.5. The monoisotopic (exact) mass is 380 g/mol. The molecule has 3 heterocycles. The van der Waals surface area contributed by atoms with Crippen molar-refractivity contribution in [2.45, 2.75) is 40.5 Å². The van der Waals surface area contributed by atoms with Crippen LogP contribution < -0.4 is 5.43 Å². The standard InChI is InChI=1S/C21H28N6O/c1-5-27(6-2)11-7-8-16-14(3)18(24-15(16)4)12-17-20(25-26-21(17)28)19-13-22-9-10-23-19/h9-10,12-13,24H,5-8,11H2,1-4H3,(H,26,28)/b17-12+. The number of amides is 1. The number of nitrogens with zero attached hydrogens (tertiary/aromatic N) is 4. The van der Waals surface area contributed by atoms with E-state index < -0.39 is 0 Å². The highest BCUT2D eigenvalue weighted by Gasteiger charge is 2.26. The van der Waals surface area contributed by atoms with E-state index in [0.717, 1.165) is 43.9 Å². The fraction of sp³-hybridized carbons (Fsp3) is 0.429. The van der Waals surface area contributed by atoms with Crippen molar-refractivity contribution in [3.05, 3.63) is 52.4 Å². The molecule has 1 amide bonds. The van der Waals surface area contributed by atoms with Crippen molar-refractivity contribution < 1.29 is 4.79 Å². The maximum Gasteiger partial charge on any atom is 0.273 e. The van der Waals surface area contributed by atoms with Gasteiger partial charge in [0.05, 0.1) is 11.8 Å². The van der Waals surface area contributed by atoms with Crippen LogP contribution in [0.4, 0.5) is 0 Å². The molecule has 1 aliphatic heterocycles. The van der Waals surface area contributed by atoms with Crippen LogP contribution in [0.1, 0.15) is 48.5 Å². The fourth-order valence-electron chi connectivity index (χ4n) is 3.58. The summed E-state index contributed by atoms with van der Waals surface area (Å²) in [6.07, 6.45) is 8.80. The van der Waals surface area contributed by atoms with Gasteiger partial charge in [0.25, 0.3) is 5.91 Å². The molecule has 0 spiro atoms. The Balaban J connectivity index is 1.82. The highest BCUT2D eigenvalue weighted by atomic mass is 16.2. The number of aromatic amines is 1. The Kier molecular flexibility index (Phi) is 6.36. The number of nitrogens with one attached hydrogen (secondary N) is 2.